The van der Waals surface area contributed by atoms with Crippen LogP contribution < -0.4 is 10.1 Å². The van der Waals surface area contributed by atoms with Gasteiger partial charge in [-0.2, -0.15) is 0 Å². The predicted molar refractivity (Wildman–Crippen MR) is 87.0 cm³/mol. The lowest BCUT2D eigenvalue weighted by atomic mass is 10.2. The van der Waals surface area contributed by atoms with Crippen molar-refractivity contribution in [1.82, 2.24) is 10.2 Å². The van der Waals surface area contributed by atoms with Gasteiger partial charge in [-0.3, -0.25) is 4.79 Å². The lowest BCUT2D eigenvalue weighted by Gasteiger charge is -2.18. The van der Waals surface area contributed by atoms with E-state index in [1.54, 1.807) is 24.1 Å². The summed E-state index contributed by atoms with van der Waals surface area (Å²) in [7, 11) is 1.81. The van der Waals surface area contributed by atoms with Crippen LogP contribution in [0.5, 0.6) is 5.75 Å². The first-order valence-electron chi connectivity index (χ1n) is 7.34. The standard InChI is InChI=1S/C16H25ClN2O2/c1-13(2)18-9-5-8-16(20)19(3)10-11-21-15-7-4-6-14(17)12-15/h4,6-7,12-13,18H,5,8-11H2,1-3H3. The summed E-state index contributed by atoms with van der Waals surface area (Å²) in [5, 5.41) is 3.95. The Balaban J connectivity index is 2.17. The summed E-state index contributed by atoms with van der Waals surface area (Å²) in [5.41, 5.74) is 0. The quantitative estimate of drug-likeness (QED) is 0.713. The van der Waals surface area contributed by atoms with Crippen LogP contribution in [0.3, 0.4) is 0 Å². The van der Waals surface area contributed by atoms with Crippen molar-refractivity contribution in [1.29, 1.82) is 0 Å². The van der Waals surface area contributed by atoms with Crippen molar-refractivity contribution in [2.45, 2.75) is 32.7 Å². The van der Waals surface area contributed by atoms with E-state index in [0.29, 0.717) is 30.6 Å². The molecule has 0 aliphatic rings. The van der Waals surface area contributed by atoms with Crippen molar-refractivity contribution >= 4 is 17.5 Å². The lowest BCUT2D eigenvalue weighted by molar-refractivity contribution is -0.130. The molecule has 0 spiro atoms. The topological polar surface area (TPSA) is 41.6 Å². The smallest absolute Gasteiger partial charge is 0.222 e. The fraction of sp³-hybridized carbons (Fsp3) is 0.562. The van der Waals surface area contributed by atoms with Crippen LogP contribution >= 0.6 is 11.6 Å². The number of hydrogen-bond donors (Lipinski definition) is 1. The second-order valence-corrected chi connectivity index (χ2v) is 5.77. The maximum atomic E-state index is 11.9. The molecule has 0 heterocycles. The third-order valence-corrected chi connectivity index (χ3v) is 3.27. The summed E-state index contributed by atoms with van der Waals surface area (Å²) >= 11 is 5.88. The molecule has 0 radical (unpaired) electrons. The van der Waals surface area contributed by atoms with Gasteiger partial charge in [0.2, 0.25) is 5.91 Å². The first-order chi connectivity index (χ1) is 9.99. The molecule has 1 aromatic rings. The van der Waals surface area contributed by atoms with Crippen LogP contribution in [-0.2, 0) is 4.79 Å². The highest BCUT2D eigenvalue weighted by Crippen LogP contribution is 2.16. The van der Waals surface area contributed by atoms with Gasteiger partial charge in [0.25, 0.3) is 0 Å². The Morgan fingerprint density at radius 1 is 1.43 bits per heavy atom. The number of ether oxygens (including phenoxy) is 1. The van der Waals surface area contributed by atoms with Gasteiger partial charge in [-0.15, -0.1) is 0 Å². The molecule has 5 heteroatoms. The maximum Gasteiger partial charge on any atom is 0.222 e. The van der Waals surface area contributed by atoms with E-state index in [0.717, 1.165) is 18.7 Å². The zero-order chi connectivity index (χ0) is 15.7. The normalized spacial score (nSPS) is 10.7. The number of likely N-dealkylation sites (N-methyl/N-ethyl adjacent to an activating group) is 1. The van der Waals surface area contributed by atoms with Crippen LogP contribution in [0.15, 0.2) is 24.3 Å². The second kappa shape index (κ2) is 9.64. The van der Waals surface area contributed by atoms with Crippen molar-refractivity contribution in [3.05, 3.63) is 29.3 Å². The van der Waals surface area contributed by atoms with E-state index in [4.69, 9.17) is 16.3 Å². The molecule has 1 rings (SSSR count). The molecular formula is C16H25ClN2O2. The highest BCUT2D eigenvalue weighted by molar-refractivity contribution is 6.30. The Kier molecular flexibility index (Phi) is 8.16. The zero-order valence-corrected chi connectivity index (χ0v) is 13.8. The van der Waals surface area contributed by atoms with E-state index in [1.807, 2.05) is 12.1 Å². The summed E-state index contributed by atoms with van der Waals surface area (Å²) in [6.45, 7) is 6.11. The molecule has 0 atom stereocenters. The molecule has 0 aliphatic heterocycles. The zero-order valence-electron chi connectivity index (χ0n) is 13.1. The lowest BCUT2D eigenvalue weighted by Crippen LogP contribution is -2.31. The largest absolute Gasteiger partial charge is 0.492 e. The molecule has 0 unspecified atom stereocenters. The van der Waals surface area contributed by atoms with Gasteiger partial charge in [0.1, 0.15) is 12.4 Å². The Labute approximate surface area is 132 Å². The van der Waals surface area contributed by atoms with Crippen molar-refractivity contribution in [2.75, 3.05) is 26.7 Å². The number of nitrogens with one attached hydrogen (secondary N) is 1. The molecule has 0 fully saturated rings. The van der Waals surface area contributed by atoms with E-state index in [9.17, 15) is 4.79 Å². The molecule has 1 amide bonds. The Morgan fingerprint density at radius 2 is 2.19 bits per heavy atom. The molecule has 118 valence electrons. The number of carbonyl (C=O) groups excluding carboxylic acids is 1. The number of amides is 1. The molecule has 4 nitrogen and oxygen atoms in total. The highest BCUT2D eigenvalue weighted by atomic mass is 35.5. The molecular weight excluding hydrogens is 288 g/mol. The van der Waals surface area contributed by atoms with Gasteiger partial charge in [0.15, 0.2) is 0 Å². The van der Waals surface area contributed by atoms with E-state index in [-0.39, 0.29) is 5.91 Å². The van der Waals surface area contributed by atoms with E-state index < -0.39 is 0 Å². The number of nitrogens with zero attached hydrogens (tertiary/aromatic N) is 1. The van der Waals surface area contributed by atoms with Gasteiger partial charge in [0.05, 0.1) is 6.54 Å². The second-order valence-electron chi connectivity index (χ2n) is 5.33. The van der Waals surface area contributed by atoms with Crippen LogP contribution in [0.25, 0.3) is 0 Å². The summed E-state index contributed by atoms with van der Waals surface area (Å²) < 4.78 is 5.57. The predicted octanol–water partition coefficient (Wildman–Crippen LogP) is 2.96. The van der Waals surface area contributed by atoms with Gasteiger partial charge >= 0.3 is 0 Å². The van der Waals surface area contributed by atoms with E-state index >= 15 is 0 Å². The number of benzene rings is 1. The monoisotopic (exact) mass is 312 g/mol. The number of halogens is 1. The minimum atomic E-state index is 0.148. The average Bonchev–Trinajstić information content (AvgIpc) is 2.43. The van der Waals surface area contributed by atoms with Crippen LogP contribution in [0.4, 0.5) is 0 Å². The van der Waals surface area contributed by atoms with Crippen LogP contribution in [-0.4, -0.2) is 43.6 Å². The van der Waals surface area contributed by atoms with Gasteiger partial charge in [-0.05, 0) is 31.2 Å². The Morgan fingerprint density at radius 3 is 2.86 bits per heavy atom. The first-order valence-corrected chi connectivity index (χ1v) is 7.72. The van der Waals surface area contributed by atoms with Crippen LogP contribution in [0, 0.1) is 0 Å². The number of hydrogen-bond acceptors (Lipinski definition) is 3. The highest BCUT2D eigenvalue weighted by Gasteiger charge is 2.08. The Hall–Kier alpha value is -1.26. The first kappa shape index (κ1) is 17.8. The summed E-state index contributed by atoms with van der Waals surface area (Å²) in [6.07, 6.45) is 1.42. The van der Waals surface area contributed by atoms with Crippen LogP contribution in [0.2, 0.25) is 5.02 Å². The molecule has 0 saturated carbocycles. The molecule has 21 heavy (non-hydrogen) atoms. The fourth-order valence-corrected chi connectivity index (χ4v) is 1.98. The minimum absolute atomic E-state index is 0.148. The van der Waals surface area contributed by atoms with Gasteiger partial charge < -0.3 is 15.0 Å². The summed E-state index contributed by atoms with van der Waals surface area (Å²) in [6, 6.07) is 7.72. The van der Waals surface area contributed by atoms with Gasteiger partial charge in [-0.1, -0.05) is 31.5 Å². The molecule has 1 aromatic carbocycles. The SMILES string of the molecule is CC(C)NCCCC(=O)N(C)CCOc1cccc(Cl)c1. The van der Waals surface area contributed by atoms with Gasteiger partial charge in [0, 0.05) is 24.5 Å². The van der Waals surface area contributed by atoms with Crippen molar-refractivity contribution < 1.29 is 9.53 Å². The average molecular weight is 313 g/mol. The molecule has 0 aromatic heterocycles. The number of carbonyl (C=O) groups is 1. The van der Waals surface area contributed by atoms with Crippen molar-refractivity contribution in [2.24, 2.45) is 0 Å². The summed E-state index contributed by atoms with van der Waals surface area (Å²) in [4.78, 5) is 13.6. The van der Waals surface area contributed by atoms with E-state index in [2.05, 4.69) is 19.2 Å². The van der Waals surface area contributed by atoms with Crippen molar-refractivity contribution in [3.63, 3.8) is 0 Å². The number of rotatable bonds is 9. The third-order valence-electron chi connectivity index (χ3n) is 3.04. The Bertz CT molecular complexity index is 438. The maximum absolute atomic E-state index is 11.9. The van der Waals surface area contributed by atoms with Crippen LogP contribution in [0.1, 0.15) is 26.7 Å². The van der Waals surface area contributed by atoms with Crippen molar-refractivity contribution in [3.8, 4) is 5.75 Å². The van der Waals surface area contributed by atoms with Gasteiger partial charge in [-0.25, -0.2) is 0 Å². The fourth-order valence-electron chi connectivity index (χ4n) is 1.80. The van der Waals surface area contributed by atoms with E-state index in [1.165, 1.54) is 0 Å². The molecule has 1 N–H and O–H groups in total. The minimum Gasteiger partial charge on any atom is -0.492 e. The molecule has 0 saturated heterocycles. The summed E-state index contributed by atoms with van der Waals surface area (Å²) in [5.74, 6) is 0.875. The molecule has 0 aliphatic carbocycles. The third kappa shape index (κ3) is 7.93. The molecule has 0 bridgehead atoms.